The lowest BCUT2D eigenvalue weighted by Gasteiger charge is -2.40. The summed E-state index contributed by atoms with van der Waals surface area (Å²) in [6.07, 6.45) is 5.50. The van der Waals surface area contributed by atoms with Gasteiger partial charge in [-0.1, -0.05) is 46.1 Å². The van der Waals surface area contributed by atoms with Gasteiger partial charge in [-0.3, -0.25) is 9.59 Å². The summed E-state index contributed by atoms with van der Waals surface area (Å²) in [6.45, 7) is 14.2. The molecule has 0 radical (unpaired) electrons. The largest absolute Gasteiger partial charge is 0.331 e. The molecule has 2 atom stereocenters. The van der Waals surface area contributed by atoms with Crippen molar-refractivity contribution >= 4 is 18.1 Å². The molecule has 0 saturated carbocycles. The van der Waals surface area contributed by atoms with Gasteiger partial charge in [0, 0.05) is 18.7 Å². The Kier molecular flexibility index (Phi) is 5.11. The van der Waals surface area contributed by atoms with Crippen LogP contribution in [0.1, 0.15) is 33.6 Å². The van der Waals surface area contributed by atoms with E-state index in [2.05, 4.69) is 13.2 Å². The Morgan fingerprint density at radius 3 is 2.42 bits per heavy atom. The molecule has 0 aliphatic carbocycles. The second kappa shape index (κ2) is 6.75. The zero-order chi connectivity index (χ0) is 18.1. The summed E-state index contributed by atoms with van der Waals surface area (Å²) in [6, 6.07) is -1.01. The first-order valence-electron chi connectivity index (χ1n) is 8.31. The monoisotopic (exact) mass is 330 g/mol. The quantitative estimate of drug-likeness (QED) is 0.725. The summed E-state index contributed by atoms with van der Waals surface area (Å²) in [5, 5.41) is 0. The van der Waals surface area contributed by atoms with Gasteiger partial charge in [-0.05, 0) is 23.8 Å². The minimum atomic E-state index is -0.627. The Balaban J connectivity index is 2.36. The molecule has 2 amide bonds. The molecule has 130 valence electrons. The highest BCUT2D eigenvalue weighted by molar-refractivity contribution is 6.03. The van der Waals surface area contributed by atoms with E-state index in [4.69, 9.17) is 0 Å². The molecule has 5 heteroatoms. The van der Waals surface area contributed by atoms with Crippen LogP contribution in [0.25, 0.3) is 0 Å². The number of carbonyl (C=O) groups excluding carboxylic acids is 3. The number of aldehydes is 1. The minimum Gasteiger partial charge on any atom is -0.331 e. The van der Waals surface area contributed by atoms with Gasteiger partial charge in [-0.15, -0.1) is 0 Å². The van der Waals surface area contributed by atoms with E-state index < -0.39 is 11.5 Å². The molecule has 0 bridgehead atoms. The first kappa shape index (κ1) is 18.2. The molecule has 0 N–H and O–H groups in total. The van der Waals surface area contributed by atoms with Crippen molar-refractivity contribution < 1.29 is 14.4 Å². The van der Waals surface area contributed by atoms with Crippen molar-refractivity contribution in [3.63, 3.8) is 0 Å². The Labute approximate surface area is 143 Å². The fourth-order valence-corrected chi connectivity index (χ4v) is 3.57. The molecule has 2 heterocycles. The minimum absolute atomic E-state index is 0.154. The van der Waals surface area contributed by atoms with Gasteiger partial charge in [0.25, 0.3) is 5.91 Å². The molecule has 1 fully saturated rings. The van der Waals surface area contributed by atoms with Gasteiger partial charge in [0.2, 0.25) is 5.91 Å². The zero-order valence-corrected chi connectivity index (χ0v) is 14.7. The molecule has 2 unspecified atom stereocenters. The fraction of sp³-hybridized carbons (Fsp3) is 0.526. The molecule has 2 rings (SSSR count). The van der Waals surface area contributed by atoms with Gasteiger partial charge in [-0.25, -0.2) is 0 Å². The predicted octanol–water partition coefficient (Wildman–Crippen LogP) is 2.10. The summed E-state index contributed by atoms with van der Waals surface area (Å²) >= 11 is 0. The highest BCUT2D eigenvalue weighted by Gasteiger charge is 2.46. The van der Waals surface area contributed by atoms with Crippen LogP contribution in [0.15, 0.2) is 36.5 Å². The van der Waals surface area contributed by atoms with Crippen molar-refractivity contribution in [2.24, 2.45) is 5.41 Å². The van der Waals surface area contributed by atoms with Crippen LogP contribution in [0.2, 0.25) is 0 Å². The summed E-state index contributed by atoms with van der Waals surface area (Å²) in [5.41, 5.74) is 0.830. The lowest BCUT2D eigenvalue weighted by atomic mass is 9.84. The van der Waals surface area contributed by atoms with E-state index in [-0.39, 0.29) is 17.9 Å². The zero-order valence-electron chi connectivity index (χ0n) is 14.7. The van der Waals surface area contributed by atoms with Crippen LogP contribution < -0.4 is 0 Å². The number of nitrogens with zero attached hydrogens (tertiary/aromatic N) is 2. The maximum Gasteiger partial charge on any atom is 0.255 e. The number of carbonyl (C=O) groups is 3. The van der Waals surface area contributed by atoms with Gasteiger partial charge in [0.15, 0.2) is 0 Å². The summed E-state index contributed by atoms with van der Waals surface area (Å²) < 4.78 is 0. The lowest BCUT2D eigenvalue weighted by molar-refractivity contribution is -0.148. The van der Waals surface area contributed by atoms with Gasteiger partial charge < -0.3 is 14.6 Å². The van der Waals surface area contributed by atoms with Crippen LogP contribution in [0, 0.1) is 5.41 Å². The number of hydrogen-bond donors (Lipinski definition) is 0. The van der Waals surface area contributed by atoms with Crippen LogP contribution in [0.4, 0.5) is 0 Å². The molecular weight excluding hydrogens is 304 g/mol. The van der Waals surface area contributed by atoms with Crippen molar-refractivity contribution in [3.8, 4) is 0 Å². The third kappa shape index (κ3) is 3.07. The molecule has 0 spiro atoms. The van der Waals surface area contributed by atoms with Crippen molar-refractivity contribution in [2.75, 3.05) is 13.1 Å². The van der Waals surface area contributed by atoms with E-state index in [9.17, 15) is 14.4 Å². The smallest absolute Gasteiger partial charge is 0.255 e. The third-order valence-corrected chi connectivity index (χ3v) is 4.73. The number of rotatable bonds is 5. The topological polar surface area (TPSA) is 57.7 Å². The third-order valence-electron chi connectivity index (χ3n) is 4.73. The molecule has 5 nitrogen and oxygen atoms in total. The highest BCUT2D eigenvalue weighted by atomic mass is 16.2. The van der Waals surface area contributed by atoms with E-state index in [0.29, 0.717) is 25.1 Å². The van der Waals surface area contributed by atoms with Crippen LogP contribution in [0.3, 0.4) is 0 Å². The first-order valence-corrected chi connectivity index (χ1v) is 8.31. The van der Waals surface area contributed by atoms with Crippen molar-refractivity contribution in [1.29, 1.82) is 0 Å². The summed E-state index contributed by atoms with van der Waals surface area (Å²) in [4.78, 5) is 40.4. The van der Waals surface area contributed by atoms with E-state index in [1.807, 2.05) is 20.8 Å². The molecule has 0 aromatic carbocycles. The first-order chi connectivity index (χ1) is 11.3. The van der Waals surface area contributed by atoms with Crippen LogP contribution in [-0.4, -0.2) is 53.1 Å². The van der Waals surface area contributed by atoms with Crippen LogP contribution >= 0.6 is 0 Å². The molecule has 0 aromatic heterocycles. The Morgan fingerprint density at radius 1 is 1.29 bits per heavy atom. The molecule has 0 aromatic rings. The predicted molar refractivity (Wildman–Crippen MR) is 93.2 cm³/mol. The van der Waals surface area contributed by atoms with Crippen molar-refractivity contribution in [3.05, 3.63) is 36.5 Å². The van der Waals surface area contributed by atoms with Crippen molar-refractivity contribution in [1.82, 2.24) is 9.80 Å². The number of hydrogen-bond acceptors (Lipinski definition) is 3. The average Bonchev–Trinajstić information content (AvgIpc) is 3.10. The molecule has 2 aliphatic rings. The summed E-state index contributed by atoms with van der Waals surface area (Å²) in [5.74, 6) is -0.353. The van der Waals surface area contributed by atoms with Crippen LogP contribution in [-0.2, 0) is 14.4 Å². The number of amides is 2. The van der Waals surface area contributed by atoms with E-state index in [0.717, 1.165) is 18.3 Å². The average molecular weight is 330 g/mol. The van der Waals surface area contributed by atoms with Gasteiger partial charge in [0.05, 0.1) is 6.04 Å². The Morgan fingerprint density at radius 2 is 1.96 bits per heavy atom. The molecule has 1 saturated heterocycles. The molecule has 2 aliphatic heterocycles. The molecule has 24 heavy (non-hydrogen) atoms. The maximum absolute atomic E-state index is 13.2. The lowest BCUT2D eigenvalue weighted by Crippen LogP contribution is -2.56. The van der Waals surface area contributed by atoms with Crippen molar-refractivity contribution in [2.45, 2.75) is 45.7 Å². The van der Waals surface area contributed by atoms with E-state index >= 15 is 0 Å². The van der Waals surface area contributed by atoms with E-state index in [1.165, 1.54) is 6.08 Å². The standard InChI is InChI=1S/C19H26N2O3/c1-6-13-11-21(17(23)15(13)7-2)16(19(3,4)5)18(24)20-10-8-9-14(20)12-22/h6-7,12,14,16H,1-2,8-11H2,3-5H3. The van der Waals surface area contributed by atoms with Gasteiger partial charge in [0.1, 0.15) is 12.3 Å². The highest BCUT2D eigenvalue weighted by Crippen LogP contribution is 2.33. The van der Waals surface area contributed by atoms with Gasteiger partial charge >= 0.3 is 0 Å². The van der Waals surface area contributed by atoms with E-state index in [1.54, 1.807) is 15.9 Å². The normalized spacial score (nSPS) is 22.8. The van der Waals surface area contributed by atoms with Gasteiger partial charge in [-0.2, -0.15) is 0 Å². The second-order valence-electron chi connectivity index (χ2n) is 7.43. The second-order valence-corrected chi connectivity index (χ2v) is 7.43. The number of likely N-dealkylation sites (tertiary alicyclic amines) is 1. The van der Waals surface area contributed by atoms with Crippen LogP contribution in [0.5, 0.6) is 0 Å². The maximum atomic E-state index is 13.2. The Hall–Kier alpha value is -2.17. The molecular formula is C19H26N2O3. The fourth-order valence-electron chi connectivity index (χ4n) is 3.57. The summed E-state index contributed by atoms with van der Waals surface area (Å²) in [7, 11) is 0. The SMILES string of the molecule is C=CC1=C(C=C)C(=O)N(C(C(=O)N2CCCC2C=O)C(C)(C)C)C1. The Bertz CT molecular complexity index is 613.